The Labute approximate surface area is 157 Å². The number of carbonyl (C=O) groups is 2. The second-order valence-corrected chi connectivity index (χ2v) is 5.47. The highest BCUT2D eigenvalue weighted by Gasteiger charge is 2.06. The maximum atomic E-state index is 12.1. The Balaban J connectivity index is 1.98. The first kappa shape index (κ1) is 19.7. The van der Waals surface area contributed by atoms with E-state index in [2.05, 4.69) is 22.4 Å². The van der Waals surface area contributed by atoms with Crippen molar-refractivity contribution in [2.75, 3.05) is 19.0 Å². The quantitative estimate of drug-likeness (QED) is 0.426. The number of rotatable bonds is 8. The number of anilines is 1. The predicted octanol–water partition coefficient (Wildman–Crippen LogP) is 2.98. The van der Waals surface area contributed by atoms with E-state index >= 15 is 0 Å². The molecule has 7 nitrogen and oxygen atoms in total. The summed E-state index contributed by atoms with van der Waals surface area (Å²) in [7, 11) is 1.55. The third-order valence-electron chi connectivity index (χ3n) is 3.39. The molecule has 0 aliphatic carbocycles. The third-order valence-corrected chi connectivity index (χ3v) is 3.39. The van der Waals surface area contributed by atoms with Gasteiger partial charge in [-0.05, 0) is 48.0 Å². The van der Waals surface area contributed by atoms with Gasteiger partial charge in [0.05, 0.1) is 13.3 Å². The second-order valence-electron chi connectivity index (χ2n) is 5.47. The Morgan fingerprint density at radius 2 is 1.89 bits per heavy atom. The van der Waals surface area contributed by atoms with Crippen molar-refractivity contribution < 1.29 is 19.1 Å². The van der Waals surface area contributed by atoms with Crippen LogP contribution in [-0.2, 0) is 4.79 Å². The molecule has 27 heavy (non-hydrogen) atoms. The lowest BCUT2D eigenvalue weighted by Gasteiger charge is -2.09. The summed E-state index contributed by atoms with van der Waals surface area (Å²) in [5, 5.41) is 6.58. The van der Waals surface area contributed by atoms with Crippen molar-refractivity contribution >= 4 is 23.7 Å². The summed E-state index contributed by atoms with van der Waals surface area (Å²) in [6, 6.07) is 11.8. The van der Waals surface area contributed by atoms with Gasteiger partial charge in [-0.3, -0.25) is 9.59 Å². The Morgan fingerprint density at radius 3 is 2.52 bits per heavy atom. The molecule has 0 atom stereocenters. The van der Waals surface area contributed by atoms with Crippen LogP contribution in [0.4, 0.5) is 5.69 Å². The van der Waals surface area contributed by atoms with Gasteiger partial charge in [0.15, 0.2) is 11.5 Å². The highest BCUT2D eigenvalue weighted by atomic mass is 16.5. The normalized spacial score (nSPS) is 10.3. The fourth-order valence-corrected chi connectivity index (χ4v) is 2.17. The zero-order valence-corrected chi connectivity index (χ0v) is 15.2. The maximum absolute atomic E-state index is 12.1. The van der Waals surface area contributed by atoms with Crippen molar-refractivity contribution in [3.63, 3.8) is 0 Å². The molecule has 0 bridgehead atoms. The number of amides is 2. The summed E-state index contributed by atoms with van der Waals surface area (Å²) >= 11 is 0. The number of carbonyl (C=O) groups excluding carboxylic acids is 2. The molecule has 0 aromatic heterocycles. The monoisotopic (exact) mass is 367 g/mol. The molecule has 0 saturated carbocycles. The molecule has 0 aliphatic rings. The topological polar surface area (TPSA) is 89.0 Å². The molecule has 2 amide bonds. The van der Waals surface area contributed by atoms with Crippen LogP contribution in [0.25, 0.3) is 0 Å². The Hall–Kier alpha value is -3.61. The maximum Gasteiger partial charge on any atom is 0.271 e. The molecule has 0 radical (unpaired) electrons. The Kier molecular flexibility index (Phi) is 7.13. The molecule has 7 heteroatoms. The van der Waals surface area contributed by atoms with Crippen molar-refractivity contribution in [2.24, 2.45) is 5.10 Å². The Morgan fingerprint density at radius 1 is 1.15 bits per heavy atom. The van der Waals surface area contributed by atoms with Gasteiger partial charge in [-0.2, -0.15) is 5.10 Å². The molecule has 2 rings (SSSR count). The number of hydrazone groups is 1. The predicted molar refractivity (Wildman–Crippen MR) is 104 cm³/mol. The highest BCUT2D eigenvalue weighted by molar-refractivity contribution is 5.96. The van der Waals surface area contributed by atoms with Crippen molar-refractivity contribution in [1.82, 2.24) is 5.43 Å². The van der Waals surface area contributed by atoms with Crippen LogP contribution >= 0.6 is 0 Å². The number of benzene rings is 2. The van der Waals surface area contributed by atoms with Crippen LogP contribution in [0.1, 0.15) is 22.8 Å². The fraction of sp³-hybridized carbons (Fsp3) is 0.150. The van der Waals surface area contributed by atoms with Crippen LogP contribution in [0.2, 0.25) is 0 Å². The average molecular weight is 367 g/mol. The molecule has 140 valence electrons. The lowest BCUT2D eigenvalue weighted by atomic mass is 10.2. The summed E-state index contributed by atoms with van der Waals surface area (Å²) in [4.78, 5) is 23.1. The van der Waals surface area contributed by atoms with E-state index in [1.807, 2.05) is 0 Å². The minimum Gasteiger partial charge on any atom is -0.493 e. The van der Waals surface area contributed by atoms with Crippen LogP contribution in [-0.4, -0.2) is 31.7 Å². The summed E-state index contributed by atoms with van der Waals surface area (Å²) in [6.07, 6.45) is 3.15. The first-order valence-electron chi connectivity index (χ1n) is 8.16. The fourth-order valence-electron chi connectivity index (χ4n) is 2.17. The van der Waals surface area contributed by atoms with Crippen LogP contribution in [0.15, 0.2) is 60.2 Å². The standard InChI is InChI=1S/C20H21N3O4/c1-4-11-27-18-10-5-15(12-19(18)26-3)13-21-23-20(25)16-6-8-17(9-7-16)22-14(2)24/h4-10,12-13H,1,11H2,2-3H3,(H,22,24)(H,23,25). The lowest BCUT2D eigenvalue weighted by Crippen LogP contribution is -2.17. The molecule has 0 spiro atoms. The number of hydrogen-bond acceptors (Lipinski definition) is 5. The zero-order valence-electron chi connectivity index (χ0n) is 15.2. The molecular formula is C20H21N3O4. The number of hydrogen-bond donors (Lipinski definition) is 2. The zero-order chi connectivity index (χ0) is 19.6. The molecule has 0 unspecified atom stereocenters. The van der Waals surface area contributed by atoms with Gasteiger partial charge in [-0.15, -0.1) is 0 Å². The summed E-state index contributed by atoms with van der Waals surface area (Å²) in [6.45, 7) is 5.40. The third kappa shape index (κ3) is 6.00. The van der Waals surface area contributed by atoms with Gasteiger partial charge in [0.2, 0.25) is 5.91 Å². The van der Waals surface area contributed by atoms with Gasteiger partial charge in [-0.1, -0.05) is 12.7 Å². The minimum absolute atomic E-state index is 0.173. The van der Waals surface area contributed by atoms with E-state index in [0.29, 0.717) is 29.4 Å². The Bertz CT molecular complexity index is 845. The van der Waals surface area contributed by atoms with Crippen molar-refractivity contribution in [3.05, 3.63) is 66.2 Å². The van der Waals surface area contributed by atoms with Crippen molar-refractivity contribution in [1.29, 1.82) is 0 Å². The number of methoxy groups -OCH3 is 1. The molecule has 0 aliphatic heterocycles. The summed E-state index contributed by atoms with van der Waals surface area (Å²) in [5.41, 5.74) is 4.23. The molecule has 2 N–H and O–H groups in total. The largest absolute Gasteiger partial charge is 0.493 e. The van der Waals surface area contributed by atoms with Crippen LogP contribution < -0.4 is 20.2 Å². The molecule has 0 saturated heterocycles. The first-order chi connectivity index (χ1) is 13.0. The molecular weight excluding hydrogens is 346 g/mol. The van der Waals surface area contributed by atoms with Crippen LogP contribution in [0.5, 0.6) is 11.5 Å². The van der Waals surface area contributed by atoms with E-state index in [1.165, 1.54) is 13.1 Å². The minimum atomic E-state index is -0.362. The van der Waals surface area contributed by atoms with Gasteiger partial charge < -0.3 is 14.8 Å². The smallest absolute Gasteiger partial charge is 0.271 e. The summed E-state index contributed by atoms with van der Waals surface area (Å²) < 4.78 is 10.8. The first-order valence-corrected chi connectivity index (χ1v) is 8.16. The van der Waals surface area contributed by atoms with E-state index in [9.17, 15) is 9.59 Å². The lowest BCUT2D eigenvalue weighted by molar-refractivity contribution is -0.114. The molecule has 0 fully saturated rings. The number of nitrogens with zero attached hydrogens (tertiary/aromatic N) is 1. The van der Waals surface area contributed by atoms with E-state index in [4.69, 9.17) is 9.47 Å². The van der Waals surface area contributed by atoms with Gasteiger partial charge in [0.25, 0.3) is 5.91 Å². The average Bonchev–Trinajstić information content (AvgIpc) is 2.66. The van der Waals surface area contributed by atoms with E-state index < -0.39 is 0 Å². The van der Waals surface area contributed by atoms with Crippen LogP contribution in [0, 0.1) is 0 Å². The highest BCUT2D eigenvalue weighted by Crippen LogP contribution is 2.27. The number of nitrogens with one attached hydrogen (secondary N) is 2. The number of ether oxygens (including phenoxy) is 2. The summed E-state index contributed by atoms with van der Waals surface area (Å²) in [5.74, 6) is 0.616. The van der Waals surface area contributed by atoms with Gasteiger partial charge in [-0.25, -0.2) is 5.43 Å². The van der Waals surface area contributed by atoms with Gasteiger partial charge in [0.1, 0.15) is 6.61 Å². The van der Waals surface area contributed by atoms with Crippen LogP contribution in [0.3, 0.4) is 0 Å². The molecule has 0 heterocycles. The van der Waals surface area contributed by atoms with E-state index in [0.717, 1.165) is 5.56 Å². The SMILES string of the molecule is C=CCOc1ccc(C=NNC(=O)c2ccc(NC(C)=O)cc2)cc1OC. The van der Waals surface area contributed by atoms with Gasteiger partial charge in [0, 0.05) is 18.2 Å². The molecule has 2 aromatic rings. The van der Waals surface area contributed by atoms with Gasteiger partial charge >= 0.3 is 0 Å². The van der Waals surface area contributed by atoms with Crippen molar-refractivity contribution in [2.45, 2.75) is 6.92 Å². The molecule has 2 aromatic carbocycles. The van der Waals surface area contributed by atoms with Crippen molar-refractivity contribution in [3.8, 4) is 11.5 Å². The second kappa shape index (κ2) is 9.76. The van der Waals surface area contributed by atoms with E-state index in [1.54, 1.807) is 55.7 Å². The van der Waals surface area contributed by atoms with E-state index in [-0.39, 0.29) is 11.8 Å².